The Hall–Kier alpha value is -1.96. The first-order valence-electron chi connectivity index (χ1n) is 4.89. The minimum Gasteiger partial charge on any atom is -0.508 e. The lowest BCUT2D eigenvalue weighted by Crippen LogP contribution is -2.04. The first-order chi connectivity index (χ1) is 7.34. The molecule has 1 aliphatic rings. The number of fused-ring (bicyclic) bond motifs is 3. The van der Waals surface area contributed by atoms with Gasteiger partial charge in [-0.3, -0.25) is 0 Å². The highest BCUT2D eigenvalue weighted by Gasteiger charge is 2.16. The predicted octanol–water partition coefficient (Wildman–Crippen LogP) is 2.95. The summed E-state index contributed by atoms with van der Waals surface area (Å²) < 4.78 is 5.59. The van der Waals surface area contributed by atoms with Gasteiger partial charge in [0.1, 0.15) is 18.1 Å². The minimum atomic E-state index is 0.289. The lowest BCUT2D eigenvalue weighted by atomic mass is 9.97. The van der Waals surface area contributed by atoms with E-state index in [0.29, 0.717) is 6.61 Å². The van der Waals surface area contributed by atoms with Gasteiger partial charge >= 0.3 is 0 Å². The van der Waals surface area contributed by atoms with Crippen LogP contribution in [0.25, 0.3) is 11.1 Å². The standard InChI is InChI=1S/C13H10O2/c14-10-5-6-11-9(7-10)8-15-13-4-2-1-3-12(11)13/h1-7,14H,8H2. The smallest absolute Gasteiger partial charge is 0.127 e. The van der Waals surface area contributed by atoms with E-state index in [9.17, 15) is 5.11 Å². The molecular weight excluding hydrogens is 188 g/mol. The summed E-state index contributed by atoms with van der Waals surface area (Å²) in [5.74, 6) is 1.20. The molecule has 0 atom stereocenters. The van der Waals surface area contributed by atoms with Crippen molar-refractivity contribution in [1.29, 1.82) is 0 Å². The molecule has 0 amide bonds. The van der Waals surface area contributed by atoms with Crippen molar-refractivity contribution in [2.75, 3.05) is 0 Å². The summed E-state index contributed by atoms with van der Waals surface area (Å²) in [6.07, 6.45) is 0. The molecule has 2 aromatic carbocycles. The molecule has 2 heteroatoms. The maximum absolute atomic E-state index is 9.38. The Kier molecular flexibility index (Phi) is 1.68. The second-order valence-corrected chi connectivity index (χ2v) is 3.63. The largest absolute Gasteiger partial charge is 0.508 e. The van der Waals surface area contributed by atoms with Crippen molar-refractivity contribution in [2.45, 2.75) is 6.61 Å². The third-order valence-corrected chi connectivity index (χ3v) is 2.65. The van der Waals surface area contributed by atoms with Crippen molar-refractivity contribution in [2.24, 2.45) is 0 Å². The number of ether oxygens (including phenoxy) is 1. The fourth-order valence-corrected chi connectivity index (χ4v) is 1.93. The highest BCUT2D eigenvalue weighted by molar-refractivity contribution is 5.75. The third kappa shape index (κ3) is 1.26. The number of phenols is 1. The molecule has 3 rings (SSSR count). The molecule has 2 aromatic rings. The summed E-state index contributed by atoms with van der Waals surface area (Å²) in [5.41, 5.74) is 3.28. The van der Waals surface area contributed by atoms with E-state index >= 15 is 0 Å². The first-order valence-corrected chi connectivity index (χ1v) is 4.89. The fraction of sp³-hybridized carbons (Fsp3) is 0.0769. The summed E-state index contributed by atoms with van der Waals surface area (Å²) in [4.78, 5) is 0. The van der Waals surface area contributed by atoms with Crippen LogP contribution in [0.3, 0.4) is 0 Å². The molecule has 74 valence electrons. The Morgan fingerprint density at radius 1 is 1.00 bits per heavy atom. The molecule has 0 fully saturated rings. The van der Waals surface area contributed by atoms with E-state index < -0.39 is 0 Å². The summed E-state index contributed by atoms with van der Waals surface area (Å²) >= 11 is 0. The lowest BCUT2D eigenvalue weighted by molar-refractivity contribution is 0.301. The summed E-state index contributed by atoms with van der Waals surface area (Å²) in [5, 5.41) is 9.38. The predicted molar refractivity (Wildman–Crippen MR) is 57.9 cm³/mol. The molecule has 0 saturated heterocycles. The van der Waals surface area contributed by atoms with Gasteiger partial charge in [-0.1, -0.05) is 24.3 Å². The van der Waals surface area contributed by atoms with Crippen LogP contribution in [0.15, 0.2) is 42.5 Å². The van der Waals surface area contributed by atoms with Crippen molar-refractivity contribution >= 4 is 0 Å². The molecule has 0 spiro atoms. The molecule has 0 radical (unpaired) electrons. The summed E-state index contributed by atoms with van der Waals surface area (Å²) in [6.45, 7) is 0.529. The van der Waals surface area contributed by atoms with Crippen LogP contribution in [0.5, 0.6) is 11.5 Å². The zero-order chi connectivity index (χ0) is 10.3. The lowest BCUT2D eigenvalue weighted by Gasteiger charge is -2.20. The monoisotopic (exact) mass is 198 g/mol. The summed E-state index contributed by atoms with van der Waals surface area (Å²) in [7, 11) is 0. The molecule has 2 nitrogen and oxygen atoms in total. The number of aromatic hydroxyl groups is 1. The molecule has 1 aliphatic heterocycles. The number of hydrogen-bond acceptors (Lipinski definition) is 2. The van der Waals surface area contributed by atoms with E-state index in [2.05, 4.69) is 0 Å². The van der Waals surface area contributed by atoms with Crippen molar-refractivity contribution in [3.05, 3.63) is 48.0 Å². The Morgan fingerprint density at radius 3 is 2.80 bits per heavy atom. The van der Waals surface area contributed by atoms with E-state index in [0.717, 1.165) is 22.4 Å². The molecule has 0 aliphatic carbocycles. The number of rotatable bonds is 0. The van der Waals surface area contributed by atoms with Gasteiger partial charge < -0.3 is 9.84 Å². The maximum atomic E-state index is 9.38. The Labute approximate surface area is 87.8 Å². The SMILES string of the molecule is Oc1ccc2c(c1)COc1ccccc1-2. The second kappa shape index (κ2) is 3.02. The minimum absolute atomic E-state index is 0.289. The number of hydrogen-bond donors (Lipinski definition) is 1. The van der Waals surface area contributed by atoms with Gasteiger partial charge in [-0.25, -0.2) is 0 Å². The van der Waals surface area contributed by atoms with Crippen LogP contribution in [-0.2, 0) is 6.61 Å². The van der Waals surface area contributed by atoms with E-state index in [4.69, 9.17) is 4.74 Å². The van der Waals surface area contributed by atoms with Crippen LogP contribution in [-0.4, -0.2) is 5.11 Å². The topological polar surface area (TPSA) is 29.5 Å². The van der Waals surface area contributed by atoms with Gasteiger partial charge in [0, 0.05) is 11.1 Å². The van der Waals surface area contributed by atoms with E-state index in [1.165, 1.54) is 0 Å². The maximum Gasteiger partial charge on any atom is 0.127 e. The van der Waals surface area contributed by atoms with Gasteiger partial charge in [-0.05, 0) is 23.8 Å². The zero-order valence-electron chi connectivity index (χ0n) is 8.10. The van der Waals surface area contributed by atoms with Gasteiger partial charge in [0.15, 0.2) is 0 Å². The second-order valence-electron chi connectivity index (χ2n) is 3.63. The van der Waals surface area contributed by atoms with Crippen molar-refractivity contribution in [3.63, 3.8) is 0 Å². The molecule has 1 N–H and O–H groups in total. The molecule has 0 unspecified atom stereocenters. The average Bonchev–Trinajstić information content (AvgIpc) is 2.28. The van der Waals surface area contributed by atoms with Crippen LogP contribution in [0.4, 0.5) is 0 Å². The highest BCUT2D eigenvalue weighted by atomic mass is 16.5. The Morgan fingerprint density at radius 2 is 1.87 bits per heavy atom. The quantitative estimate of drug-likeness (QED) is 0.705. The van der Waals surface area contributed by atoms with E-state index in [-0.39, 0.29) is 5.75 Å². The van der Waals surface area contributed by atoms with E-state index in [1.807, 2.05) is 30.3 Å². The third-order valence-electron chi connectivity index (χ3n) is 2.65. The van der Waals surface area contributed by atoms with E-state index in [1.54, 1.807) is 12.1 Å². The molecule has 15 heavy (non-hydrogen) atoms. The molecule has 1 heterocycles. The molecule has 0 bridgehead atoms. The molecule has 0 aromatic heterocycles. The molecule has 0 saturated carbocycles. The van der Waals surface area contributed by atoms with Gasteiger partial charge in [-0.15, -0.1) is 0 Å². The number of para-hydroxylation sites is 1. The van der Waals surface area contributed by atoms with Crippen LogP contribution in [0.2, 0.25) is 0 Å². The normalized spacial score (nSPS) is 12.5. The van der Waals surface area contributed by atoms with Crippen molar-refractivity contribution in [1.82, 2.24) is 0 Å². The number of phenolic OH excluding ortho intramolecular Hbond substituents is 1. The Bertz CT molecular complexity index is 518. The zero-order valence-corrected chi connectivity index (χ0v) is 8.10. The van der Waals surface area contributed by atoms with Gasteiger partial charge in [-0.2, -0.15) is 0 Å². The van der Waals surface area contributed by atoms with Crippen molar-refractivity contribution < 1.29 is 9.84 Å². The van der Waals surface area contributed by atoms with Crippen LogP contribution < -0.4 is 4.74 Å². The van der Waals surface area contributed by atoms with Crippen LogP contribution in [0, 0.1) is 0 Å². The van der Waals surface area contributed by atoms with Crippen LogP contribution in [0.1, 0.15) is 5.56 Å². The van der Waals surface area contributed by atoms with Gasteiger partial charge in [0.25, 0.3) is 0 Å². The fourth-order valence-electron chi connectivity index (χ4n) is 1.93. The first kappa shape index (κ1) is 8.36. The van der Waals surface area contributed by atoms with Gasteiger partial charge in [0.2, 0.25) is 0 Å². The summed E-state index contributed by atoms with van der Waals surface area (Å²) in [6, 6.07) is 13.3. The van der Waals surface area contributed by atoms with Gasteiger partial charge in [0.05, 0.1) is 0 Å². The average molecular weight is 198 g/mol. The van der Waals surface area contributed by atoms with Crippen LogP contribution >= 0.6 is 0 Å². The Balaban J connectivity index is 2.26. The van der Waals surface area contributed by atoms with Crippen molar-refractivity contribution in [3.8, 4) is 22.6 Å². The highest BCUT2D eigenvalue weighted by Crippen LogP contribution is 2.38. The number of benzene rings is 2. The molecular formula is C13H10O2.